The van der Waals surface area contributed by atoms with Gasteiger partial charge in [0, 0.05) is 37.4 Å². The number of benzene rings is 2. The SMILES string of the molecule is CC(C)NC(=O)c1cc(S(=O)(=O)c2ccc(CNC(=O)c3cnc4nccn4c3)cc2)ccc1F. The molecule has 2 N–H and O–H groups in total. The molecule has 9 nitrogen and oxygen atoms in total. The van der Waals surface area contributed by atoms with Crippen LogP contribution in [0.25, 0.3) is 5.78 Å². The molecule has 0 spiro atoms. The molecule has 0 fully saturated rings. The summed E-state index contributed by atoms with van der Waals surface area (Å²) in [4.78, 5) is 32.6. The zero-order chi connectivity index (χ0) is 25.2. The van der Waals surface area contributed by atoms with Gasteiger partial charge in [-0.05, 0) is 49.7 Å². The van der Waals surface area contributed by atoms with Crippen molar-refractivity contribution in [3.63, 3.8) is 0 Å². The van der Waals surface area contributed by atoms with E-state index in [2.05, 4.69) is 20.6 Å². The first-order valence-corrected chi connectivity index (χ1v) is 12.1. The smallest absolute Gasteiger partial charge is 0.254 e. The van der Waals surface area contributed by atoms with Gasteiger partial charge in [-0.3, -0.25) is 14.0 Å². The van der Waals surface area contributed by atoms with Crippen molar-refractivity contribution in [1.29, 1.82) is 0 Å². The summed E-state index contributed by atoms with van der Waals surface area (Å²) in [7, 11) is -4.00. The van der Waals surface area contributed by atoms with E-state index in [1.807, 2.05) is 0 Å². The van der Waals surface area contributed by atoms with Crippen LogP contribution < -0.4 is 10.6 Å². The number of rotatable bonds is 7. The molecule has 0 radical (unpaired) electrons. The first-order chi connectivity index (χ1) is 16.6. The number of imidazole rings is 1. The molecule has 2 aromatic carbocycles. The minimum atomic E-state index is -4.00. The van der Waals surface area contributed by atoms with Crippen molar-refractivity contribution in [3.8, 4) is 0 Å². The van der Waals surface area contributed by atoms with Crippen LogP contribution in [0.3, 0.4) is 0 Å². The second-order valence-corrected chi connectivity index (χ2v) is 10.0. The minimum Gasteiger partial charge on any atom is -0.350 e. The maximum Gasteiger partial charge on any atom is 0.254 e. The third-order valence-electron chi connectivity index (χ3n) is 5.11. The highest BCUT2D eigenvalue weighted by Gasteiger charge is 2.22. The Hall–Kier alpha value is -4.12. The Bertz CT molecular complexity index is 1510. The molecule has 4 aromatic rings. The van der Waals surface area contributed by atoms with Gasteiger partial charge in [-0.15, -0.1) is 0 Å². The van der Waals surface area contributed by atoms with Crippen molar-refractivity contribution < 1.29 is 22.4 Å². The second-order valence-electron chi connectivity index (χ2n) is 8.08. The quantitative estimate of drug-likeness (QED) is 0.380. The van der Waals surface area contributed by atoms with E-state index in [0.29, 0.717) is 16.9 Å². The van der Waals surface area contributed by atoms with Crippen molar-refractivity contribution in [1.82, 2.24) is 25.0 Å². The monoisotopic (exact) mass is 495 g/mol. The lowest BCUT2D eigenvalue weighted by Gasteiger charge is -2.11. The fourth-order valence-corrected chi connectivity index (χ4v) is 4.61. The maximum absolute atomic E-state index is 14.1. The highest BCUT2D eigenvalue weighted by Crippen LogP contribution is 2.23. The number of nitrogens with zero attached hydrogens (tertiary/aromatic N) is 3. The molecule has 35 heavy (non-hydrogen) atoms. The Morgan fingerprint density at radius 3 is 2.46 bits per heavy atom. The number of hydrogen-bond acceptors (Lipinski definition) is 6. The van der Waals surface area contributed by atoms with Gasteiger partial charge in [0.1, 0.15) is 5.82 Å². The number of amides is 2. The molecule has 11 heteroatoms. The lowest BCUT2D eigenvalue weighted by Crippen LogP contribution is -2.30. The Kier molecular flexibility index (Phi) is 6.61. The van der Waals surface area contributed by atoms with E-state index in [1.165, 1.54) is 18.3 Å². The predicted molar refractivity (Wildman–Crippen MR) is 125 cm³/mol. The number of hydrogen-bond donors (Lipinski definition) is 2. The van der Waals surface area contributed by atoms with E-state index in [-0.39, 0.29) is 33.8 Å². The van der Waals surface area contributed by atoms with Crippen LogP contribution in [0.1, 0.15) is 40.1 Å². The molecule has 0 unspecified atom stereocenters. The molecule has 0 bridgehead atoms. The van der Waals surface area contributed by atoms with E-state index >= 15 is 0 Å². The van der Waals surface area contributed by atoms with Gasteiger partial charge in [0.2, 0.25) is 15.6 Å². The van der Waals surface area contributed by atoms with E-state index in [1.54, 1.807) is 49.0 Å². The molecule has 2 heterocycles. The summed E-state index contributed by atoms with van der Waals surface area (Å²) < 4.78 is 41.9. The fourth-order valence-electron chi connectivity index (χ4n) is 3.33. The van der Waals surface area contributed by atoms with Crippen molar-refractivity contribution in [3.05, 3.63) is 89.8 Å². The molecule has 0 atom stereocenters. The van der Waals surface area contributed by atoms with Crippen LogP contribution in [0.5, 0.6) is 0 Å². The van der Waals surface area contributed by atoms with Crippen molar-refractivity contribution >= 4 is 27.4 Å². The summed E-state index contributed by atoms with van der Waals surface area (Å²) >= 11 is 0. The number of halogens is 1. The molecular weight excluding hydrogens is 473 g/mol. The van der Waals surface area contributed by atoms with Crippen molar-refractivity contribution in [2.24, 2.45) is 0 Å². The highest BCUT2D eigenvalue weighted by atomic mass is 32.2. The summed E-state index contributed by atoms with van der Waals surface area (Å²) in [6.07, 6.45) is 6.29. The summed E-state index contributed by atoms with van der Waals surface area (Å²) in [6, 6.07) is 8.81. The third-order valence-corrected chi connectivity index (χ3v) is 6.87. The number of fused-ring (bicyclic) bond motifs is 1. The maximum atomic E-state index is 14.1. The van der Waals surface area contributed by atoms with E-state index < -0.39 is 21.6 Å². The third kappa shape index (κ3) is 5.19. The number of carbonyl (C=O) groups excluding carboxylic acids is 2. The van der Waals surface area contributed by atoms with Crippen LogP contribution in [0.2, 0.25) is 0 Å². The predicted octanol–water partition coefficient (Wildman–Crippen LogP) is 2.77. The Balaban J connectivity index is 1.47. The molecule has 2 aromatic heterocycles. The number of nitrogens with one attached hydrogen (secondary N) is 2. The van der Waals surface area contributed by atoms with Crippen LogP contribution in [-0.2, 0) is 16.4 Å². The van der Waals surface area contributed by atoms with Gasteiger partial charge in [-0.1, -0.05) is 12.1 Å². The normalized spacial score (nSPS) is 11.5. The molecule has 2 amide bonds. The van der Waals surface area contributed by atoms with Crippen LogP contribution in [0.15, 0.2) is 77.0 Å². The Morgan fingerprint density at radius 2 is 1.74 bits per heavy atom. The van der Waals surface area contributed by atoms with Crippen molar-refractivity contribution in [2.45, 2.75) is 36.2 Å². The molecule has 0 aliphatic heterocycles. The van der Waals surface area contributed by atoms with E-state index in [9.17, 15) is 22.4 Å². The van der Waals surface area contributed by atoms with Gasteiger partial charge in [0.25, 0.3) is 11.8 Å². The van der Waals surface area contributed by atoms with E-state index in [0.717, 1.165) is 18.2 Å². The first kappa shape index (κ1) is 24.0. The summed E-state index contributed by atoms with van der Waals surface area (Å²) in [5, 5.41) is 5.31. The van der Waals surface area contributed by atoms with Crippen LogP contribution >= 0.6 is 0 Å². The molecule has 0 aliphatic rings. The summed E-state index contributed by atoms with van der Waals surface area (Å²) in [6.45, 7) is 3.60. The molecule has 0 aliphatic carbocycles. The second kappa shape index (κ2) is 9.63. The number of aromatic nitrogens is 3. The zero-order valence-corrected chi connectivity index (χ0v) is 19.7. The molecule has 4 rings (SSSR count). The zero-order valence-electron chi connectivity index (χ0n) is 18.9. The average Bonchev–Trinajstić information content (AvgIpc) is 3.30. The van der Waals surface area contributed by atoms with Gasteiger partial charge in [0.15, 0.2) is 0 Å². The van der Waals surface area contributed by atoms with Crippen LogP contribution in [0, 0.1) is 5.82 Å². The van der Waals surface area contributed by atoms with Gasteiger partial charge in [-0.2, -0.15) is 0 Å². The largest absolute Gasteiger partial charge is 0.350 e. The first-order valence-electron chi connectivity index (χ1n) is 10.7. The van der Waals surface area contributed by atoms with E-state index in [4.69, 9.17) is 0 Å². The summed E-state index contributed by atoms with van der Waals surface area (Å²) in [5.74, 6) is -1.37. The molecule has 0 saturated heterocycles. The Morgan fingerprint density at radius 1 is 1.03 bits per heavy atom. The van der Waals surface area contributed by atoms with Gasteiger partial charge < -0.3 is 10.6 Å². The standard InChI is InChI=1S/C24H22FN5O4S/c1-15(2)29-23(32)20-11-19(7-8-21(20)25)35(33,34)18-5-3-16(4-6-18)12-27-22(31)17-13-28-24-26-9-10-30(24)14-17/h3-11,13-15H,12H2,1-2H3,(H,27,31)(H,29,32). The van der Waals surface area contributed by atoms with Gasteiger partial charge in [0.05, 0.1) is 20.9 Å². The highest BCUT2D eigenvalue weighted by molar-refractivity contribution is 7.91. The lowest BCUT2D eigenvalue weighted by atomic mass is 10.2. The molecule has 0 saturated carbocycles. The average molecular weight is 496 g/mol. The summed E-state index contributed by atoms with van der Waals surface area (Å²) in [5.41, 5.74) is 0.677. The lowest BCUT2D eigenvalue weighted by molar-refractivity contribution is 0.0934. The minimum absolute atomic E-state index is 0.0239. The van der Waals surface area contributed by atoms with Crippen LogP contribution in [-0.4, -0.2) is 40.6 Å². The van der Waals surface area contributed by atoms with Gasteiger partial charge >= 0.3 is 0 Å². The molecular formula is C24H22FN5O4S. The molecule has 180 valence electrons. The van der Waals surface area contributed by atoms with Gasteiger partial charge in [-0.25, -0.2) is 22.8 Å². The number of sulfone groups is 1. The Labute approximate surface area is 201 Å². The number of carbonyl (C=O) groups is 2. The van der Waals surface area contributed by atoms with Crippen LogP contribution in [0.4, 0.5) is 4.39 Å². The van der Waals surface area contributed by atoms with Crippen molar-refractivity contribution in [2.75, 3.05) is 0 Å². The fraction of sp³-hybridized carbons (Fsp3) is 0.167. The topological polar surface area (TPSA) is 123 Å².